The van der Waals surface area contributed by atoms with E-state index in [1.807, 2.05) is 49.5 Å². The molecule has 1 saturated heterocycles. The number of alkyl carbamates (subject to hydrolysis) is 1. The van der Waals surface area contributed by atoms with Crippen LogP contribution in [0.3, 0.4) is 0 Å². The fraction of sp³-hybridized carbons (Fsp3) is 0.385. The van der Waals surface area contributed by atoms with Gasteiger partial charge in [-0.3, -0.25) is 0 Å². The van der Waals surface area contributed by atoms with Crippen molar-refractivity contribution in [3.8, 4) is 11.3 Å². The summed E-state index contributed by atoms with van der Waals surface area (Å²) < 4.78 is 5.22. The molecule has 0 bridgehead atoms. The van der Waals surface area contributed by atoms with E-state index < -0.39 is 0 Å². The van der Waals surface area contributed by atoms with Crippen LogP contribution in [0.2, 0.25) is 0 Å². The standard InChI is InChI=1S/C26H32N6O2/c1-3-4-16-34-26(33)29-21-10-14-32(15-11-21)25-18-20(9-13-28-25)22-6-5-7-23(30-22)31-24-17-19(2)8-12-27-24/h5-9,12-13,17-18,21H,3-4,10-11,14-16H2,1-2H3,(H,29,33)(H,27,30,31). The second kappa shape index (κ2) is 11.4. The van der Waals surface area contributed by atoms with Crippen LogP contribution in [0.5, 0.6) is 0 Å². The third-order valence-corrected chi connectivity index (χ3v) is 5.83. The molecule has 0 radical (unpaired) electrons. The van der Waals surface area contributed by atoms with Gasteiger partial charge in [0.2, 0.25) is 0 Å². The molecule has 3 aromatic rings. The number of nitrogens with zero attached hydrogens (tertiary/aromatic N) is 4. The first-order valence-electron chi connectivity index (χ1n) is 11.9. The maximum Gasteiger partial charge on any atom is 0.407 e. The van der Waals surface area contributed by atoms with Crippen LogP contribution >= 0.6 is 0 Å². The lowest BCUT2D eigenvalue weighted by atomic mass is 10.0. The molecule has 3 aromatic heterocycles. The number of ether oxygens (including phenoxy) is 1. The minimum absolute atomic E-state index is 0.133. The predicted molar refractivity (Wildman–Crippen MR) is 134 cm³/mol. The summed E-state index contributed by atoms with van der Waals surface area (Å²) in [6.45, 7) is 6.24. The third-order valence-electron chi connectivity index (χ3n) is 5.83. The van der Waals surface area contributed by atoms with Crippen LogP contribution in [0.25, 0.3) is 11.3 Å². The molecule has 1 amide bonds. The van der Waals surface area contributed by atoms with Crippen molar-refractivity contribution in [3.05, 3.63) is 60.4 Å². The molecular formula is C26H32N6O2. The molecule has 1 aliphatic rings. The Labute approximate surface area is 200 Å². The summed E-state index contributed by atoms with van der Waals surface area (Å²) in [6, 6.07) is 14.0. The Morgan fingerprint density at radius 2 is 1.91 bits per heavy atom. The Kier molecular flexibility index (Phi) is 7.91. The molecule has 1 aliphatic heterocycles. The summed E-state index contributed by atoms with van der Waals surface area (Å²) in [7, 11) is 0. The zero-order chi connectivity index (χ0) is 23.8. The van der Waals surface area contributed by atoms with Crippen molar-refractivity contribution in [1.82, 2.24) is 20.3 Å². The molecule has 1 fully saturated rings. The van der Waals surface area contributed by atoms with E-state index in [1.54, 1.807) is 6.20 Å². The second-order valence-corrected chi connectivity index (χ2v) is 8.55. The van der Waals surface area contributed by atoms with Gasteiger partial charge in [0.25, 0.3) is 0 Å². The van der Waals surface area contributed by atoms with Gasteiger partial charge in [-0.1, -0.05) is 19.4 Å². The number of hydrogen-bond donors (Lipinski definition) is 2. The van der Waals surface area contributed by atoms with Crippen LogP contribution in [-0.4, -0.2) is 46.8 Å². The van der Waals surface area contributed by atoms with Gasteiger partial charge in [0.05, 0.1) is 12.3 Å². The van der Waals surface area contributed by atoms with Crippen molar-refractivity contribution in [2.24, 2.45) is 0 Å². The minimum Gasteiger partial charge on any atom is -0.450 e. The molecule has 0 aliphatic carbocycles. The highest BCUT2D eigenvalue weighted by Gasteiger charge is 2.22. The Balaban J connectivity index is 1.37. The van der Waals surface area contributed by atoms with Crippen molar-refractivity contribution < 1.29 is 9.53 Å². The van der Waals surface area contributed by atoms with Gasteiger partial charge < -0.3 is 20.3 Å². The van der Waals surface area contributed by atoms with E-state index in [0.29, 0.717) is 6.61 Å². The number of carbonyl (C=O) groups excluding carboxylic acids is 1. The molecule has 4 rings (SSSR count). The van der Waals surface area contributed by atoms with E-state index in [2.05, 4.69) is 38.5 Å². The monoisotopic (exact) mass is 460 g/mol. The summed E-state index contributed by atoms with van der Waals surface area (Å²) >= 11 is 0. The third kappa shape index (κ3) is 6.43. The van der Waals surface area contributed by atoms with Gasteiger partial charge in [-0.2, -0.15) is 0 Å². The highest BCUT2D eigenvalue weighted by Crippen LogP contribution is 2.25. The van der Waals surface area contributed by atoms with Gasteiger partial charge in [-0.25, -0.2) is 19.7 Å². The molecule has 0 spiro atoms. The first-order valence-corrected chi connectivity index (χ1v) is 11.9. The van der Waals surface area contributed by atoms with Crippen LogP contribution in [0, 0.1) is 6.92 Å². The van der Waals surface area contributed by atoms with Gasteiger partial charge in [0.1, 0.15) is 17.5 Å². The molecule has 34 heavy (non-hydrogen) atoms. The van der Waals surface area contributed by atoms with Crippen molar-refractivity contribution in [2.45, 2.75) is 45.6 Å². The molecule has 4 heterocycles. The van der Waals surface area contributed by atoms with E-state index in [0.717, 1.165) is 73.0 Å². The number of aromatic nitrogens is 3. The average Bonchev–Trinajstić information content (AvgIpc) is 2.85. The maximum atomic E-state index is 11.9. The molecule has 0 atom stereocenters. The number of aryl methyl sites for hydroxylation is 1. The number of amides is 1. The number of piperidine rings is 1. The Hall–Kier alpha value is -3.68. The highest BCUT2D eigenvalue weighted by atomic mass is 16.5. The van der Waals surface area contributed by atoms with Crippen LogP contribution in [-0.2, 0) is 4.74 Å². The number of rotatable bonds is 8. The zero-order valence-corrected chi connectivity index (χ0v) is 19.8. The van der Waals surface area contributed by atoms with Crippen LogP contribution in [0.1, 0.15) is 38.2 Å². The highest BCUT2D eigenvalue weighted by molar-refractivity contribution is 5.68. The van der Waals surface area contributed by atoms with Crippen molar-refractivity contribution >= 4 is 23.5 Å². The quantitative estimate of drug-likeness (QED) is 0.453. The zero-order valence-electron chi connectivity index (χ0n) is 19.8. The molecule has 178 valence electrons. The molecule has 0 saturated carbocycles. The molecule has 0 aromatic carbocycles. The van der Waals surface area contributed by atoms with Gasteiger partial charge in [-0.05, 0) is 68.1 Å². The fourth-order valence-corrected chi connectivity index (χ4v) is 3.92. The largest absolute Gasteiger partial charge is 0.450 e. The number of pyridine rings is 3. The molecule has 8 nitrogen and oxygen atoms in total. The van der Waals surface area contributed by atoms with Crippen molar-refractivity contribution in [2.75, 3.05) is 29.9 Å². The first kappa shape index (κ1) is 23.5. The van der Waals surface area contributed by atoms with Gasteiger partial charge in [0.15, 0.2) is 0 Å². The lowest BCUT2D eigenvalue weighted by Crippen LogP contribution is -2.45. The molecule has 0 unspecified atom stereocenters. The predicted octanol–water partition coefficient (Wildman–Crippen LogP) is 5.09. The van der Waals surface area contributed by atoms with E-state index >= 15 is 0 Å². The average molecular weight is 461 g/mol. The lowest BCUT2D eigenvalue weighted by Gasteiger charge is -2.33. The normalized spacial score (nSPS) is 14.0. The van der Waals surface area contributed by atoms with Crippen LogP contribution < -0.4 is 15.5 Å². The number of anilines is 3. The summed E-state index contributed by atoms with van der Waals surface area (Å²) in [5.41, 5.74) is 3.01. The molecular weight excluding hydrogens is 428 g/mol. The Bertz CT molecular complexity index is 1100. The van der Waals surface area contributed by atoms with Gasteiger partial charge in [-0.15, -0.1) is 0 Å². The smallest absolute Gasteiger partial charge is 0.407 e. The lowest BCUT2D eigenvalue weighted by molar-refractivity contribution is 0.139. The second-order valence-electron chi connectivity index (χ2n) is 8.55. The fourth-order valence-electron chi connectivity index (χ4n) is 3.92. The summed E-state index contributed by atoms with van der Waals surface area (Å²) in [5.74, 6) is 2.43. The number of nitrogens with one attached hydrogen (secondary N) is 2. The van der Waals surface area contributed by atoms with Crippen molar-refractivity contribution in [1.29, 1.82) is 0 Å². The van der Waals surface area contributed by atoms with E-state index in [1.165, 1.54) is 0 Å². The number of unbranched alkanes of at least 4 members (excludes halogenated alkanes) is 1. The van der Waals surface area contributed by atoms with E-state index in [-0.39, 0.29) is 12.1 Å². The van der Waals surface area contributed by atoms with E-state index in [4.69, 9.17) is 9.72 Å². The summed E-state index contributed by atoms with van der Waals surface area (Å²) in [4.78, 5) is 27.9. The molecule has 2 N–H and O–H groups in total. The first-order chi connectivity index (χ1) is 16.6. The number of hydrogen-bond acceptors (Lipinski definition) is 7. The SMILES string of the molecule is CCCCOC(=O)NC1CCN(c2cc(-c3cccc(Nc4cc(C)ccn4)n3)ccn2)CC1. The molecule has 8 heteroatoms. The maximum absolute atomic E-state index is 11.9. The van der Waals surface area contributed by atoms with Gasteiger partial charge in [0, 0.05) is 37.1 Å². The van der Waals surface area contributed by atoms with Crippen LogP contribution in [0.4, 0.5) is 22.2 Å². The Morgan fingerprint density at radius 3 is 2.71 bits per heavy atom. The Morgan fingerprint density at radius 1 is 1.09 bits per heavy atom. The number of carbonyl (C=O) groups is 1. The van der Waals surface area contributed by atoms with Crippen molar-refractivity contribution in [3.63, 3.8) is 0 Å². The topological polar surface area (TPSA) is 92.3 Å². The van der Waals surface area contributed by atoms with E-state index in [9.17, 15) is 4.79 Å². The van der Waals surface area contributed by atoms with Gasteiger partial charge >= 0.3 is 6.09 Å². The van der Waals surface area contributed by atoms with Crippen LogP contribution in [0.15, 0.2) is 54.9 Å². The summed E-state index contributed by atoms with van der Waals surface area (Å²) in [6.07, 6.45) is 6.91. The summed E-state index contributed by atoms with van der Waals surface area (Å²) in [5, 5.41) is 6.26. The minimum atomic E-state index is -0.313.